The predicted molar refractivity (Wildman–Crippen MR) is 86.0 cm³/mol. The number of benzene rings is 1. The molecule has 114 valence electrons. The second-order valence-corrected chi connectivity index (χ2v) is 5.53. The van der Waals surface area contributed by atoms with E-state index in [0.717, 1.165) is 30.0 Å². The number of rotatable bonds is 6. The molecule has 1 aromatic heterocycles. The van der Waals surface area contributed by atoms with Gasteiger partial charge in [-0.2, -0.15) is 0 Å². The van der Waals surface area contributed by atoms with Crippen LogP contribution >= 0.6 is 0 Å². The number of methoxy groups -OCH3 is 1. The Labute approximate surface area is 127 Å². The van der Waals surface area contributed by atoms with Crippen molar-refractivity contribution >= 4 is 0 Å². The molecule has 0 radical (unpaired) electrons. The van der Waals surface area contributed by atoms with E-state index in [9.17, 15) is 0 Å². The first kappa shape index (κ1) is 15.6. The SMILES string of the molecule is CCCNC(c1cc(C)c(OC)cc1C)c1occc1C. The first-order chi connectivity index (χ1) is 10.1. The summed E-state index contributed by atoms with van der Waals surface area (Å²) in [5.41, 5.74) is 4.78. The molecule has 0 aliphatic rings. The first-order valence-corrected chi connectivity index (χ1v) is 7.51. The molecule has 2 rings (SSSR count). The molecular weight excluding hydrogens is 262 g/mol. The minimum absolute atomic E-state index is 0.0876. The summed E-state index contributed by atoms with van der Waals surface area (Å²) in [6, 6.07) is 6.40. The largest absolute Gasteiger partial charge is 0.496 e. The van der Waals surface area contributed by atoms with Crippen LogP contribution in [0.25, 0.3) is 0 Å². The van der Waals surface area contributed by atoms with Gasteiger partial charge in [0.25, 0.3) is 0 Å². The lowest BCUT2D eigenvalue weighted by Crippen LogP contribution is -2.24. The van der Waals surface area contributed by atoms with Gasteiger partial charge in [0.1, 0.15) is 11.5 Å². The molecule has 0 bridgehead atoms. The molecule has 1 N–H and O–H groups in total. The fraction of sp³-hybridized carbons (Fsp3) is 0.444. The minimum Gasteiger partial charge on any atom is -0.496 e. The van der Waals surface area contributed by atoms with Gasteiger partial charge in [0, 0.05) is 0 Å². The monoisotopic (exact) mass is 287 g/mol. The van der Waals surface area contributed by atoms with E-state index in [2.05, 4.69) is 45.1 Å². The Morgan fingerprint density at radius 3 is 2.48 bits per heavy atom. The number of hydrogen-bond acceptors (Lipinski definition) is 3. The summed E-state index contributed by atoms with van der Waals surface area (Å²) in [4.78, 5) is 0. The lowest BCUT2D eigenvalue weighted by atomic mass is 9.95. The maximum Gasteiger partial charge on any atom is 0.128 e. The van der Waals surface area contributed by atoms with E-state index < -0.39 is 0 Å². The molecule has 3 heteroatoms. The smallest absolute Gasteiger partial charge is 0.128 e. The minimum atomic E-state index is 0.0876. The predicted octanol–water partition coefficient (Wildman–Crippen LogP) is 4.30. The lowest BCUT2D eigenvalue weighted by molar-refractivity contribution is 0.409. The van der Waals surface area contributed by atoms with Crippen LogP contribution in [-0.2, 0) is 0 Å². The van der Waals surface area contributed by atoms with Crippen LogP contribution in [0, 0.1) is 20.8 Å². The van der Waals surface area contributed by atoms with E-state index in [1.54, 1.807) is 13.4 Å². The quantitative estimate of drug-likeness (QED) is 0.860. The van der Waals surface area contributed by atoms with Crippen molar-refractivity contribution in [3.05, 3.63) is 52.5 Å². The summed E-state index contributed by atoms with van der Waals surface area (Å²) in [5.74, 6) is 1.93. The first-order valence-electron chi connectivity index (χ1n) is 7.51. The van der Waals surface area contributed by atoms with E-state index in [1.807, 2.05) is 6.07 Å². The fourth-order valence-corrected chi connectivity index (χ4v) is 2.66. The normalized spacial score (nSPS) is 12.4. The third-order valence-corrected chi connectivity index (χ3v) is 3.86. The van der Waals surface area contributed by atoms with Crippen molar-refractivity contribution in [2.75, 3.05) is 13.7 Å². The van der Waals surface area contributed by atoms with E-state index in [4.69, 9.17) is 9.15 Å². The molecule has 0 aliphatic heterocycles. The van der Waals surface area contributed by atoms with Crippen molar-refractivity contribution in [2.45, 2.75) is 40.2 Å². The maximum absolute atomic E-state index is 5.74. The highest BCUT2D eigenvalue weighted by atomic mass is 16.5. The Morgan fingerprint density at radius 1 is 1.14 bits per heavy atom. The van der Waals surface area contributed by atoms with Crippen LogP contribution < -0.4 is 10.1 Å². The van der Waals surface area contributed by atoms with Gasteiger partial charge >= 0.3 is 0 Å². The molecule has 0 spiro atoms. The van der Waals surface area contributed by atoms with Gasteiger partial charge in [-0.3, -0.25) is 0 Å². The standard InChI is InChI=1S/C18H25NO2/c1-6-8-19-17(18-12(2)7-9-21-18)15-10-14(4)16(20-5)11-13(15)3/h7,9-11,17,19H,6,8H2,1-5H3. The number of aryl methyl sites for hydroxylation is 3. The zero-order valence-electron chi connectivity index (χ0n) is 13.6. The molecule has 1 heterocycles. The average molecular weight is 287 g/mol. The summed E-state index contributed by atoms with van der Waals surface area (Å²) in [6.45, 7) is 9.41. The summed E-state index contributed by atoms with van der Waals surface area (Å²) in [6.07, 6.45) is 2.85. The molecule has 1 unspecified atom stereocenters. The Hall–Kier alpha value is -1.74. The van der Waals surface area contributed by atoms with Crippen molar-refractivity contribution in [2.24, 2.45) is 0 Å². The van der Waals surface area contributed by atoms with Gasteiger partial charge in [0.2, 0.25) is 0 Å². The van der Waals surface area contributed by atoms with Gasteiger partial charge in [-0.1, -0.05) is 13.0 Å². The number of nitrogens with one attached hydrogen (secondary N) is 1. The van der Waals surface area contributed by atoms with Gasteiger partial charge in [-0.25, -0.2) is 0 Å². The topological polar surface area (TPSA) is 34.4 Å². The lowest BCUT2D eigenvalue weighted by Gasteiger charge is -2.21. The Kier molecular flexibility index (Phi) is 5.07. The third-order valence-electron chi connectivity index (χ3n) is 3.86. The van der Waals surface area contributed by atoms with E-state index in [0.29, 0.717) is 0 Å². The highest BCUT2D eigenvalue weighted by Crippen LogP contribution is 2.32. The molecule has 3 nitrogen and oxygen atoms in total. The van der Waals surface area contributed by atoms with Crippen LogP contribution in [0.2, 0.25) is 0 Å². The maximum atomic E-state index is 5.74. The van der Waals surface area contributed by atoms with Crippen LogP contribution in [0.3, 0.4) is 0 Å². The van der Waals surface area contributed by atoms with Crippen LogP contribution in [0.5, 0.6) is 5.75 Å². The molecule has 1 aromatic carbocycles. The van der Waals surface area contributed by atoms with Crippen LogP contribution in [0.4, 0.5) is 0 Å². The third kappa shape index (κ3) is 3.30. The van der Waals surface area contributed by atoms with Crippen molar-refractivity contribution in [3.63, 3.8) is 0 Å². The molecule has 0 amide bonds. The second kappa shape index (κ2) is 6.81. The van der Waals surface area contributed by atoms with Crippen LogP contribution in [0.15, 0.2) is 28.9 Å². The molecule has 0 fully saturated rings. The fourth-order valence-electron chi connectivity index (χ4n) is 2.66. The van der Waals surface area contributed by atoms with Crippen molar-refractivity contribution in [1.29, 1.82) is 0 Å². The summed E-state index contributed by atoms with van der Waals surface area (Å²) < 4.78 is 11.1. The summed E-state index contributed by atoms with van der Waals surface area (Å²) in [5, 5.41) is 3.60. The molecule has 0 saturated carbocycles. The molecule has 21 heavy (non-hydrogen) atoms. The van der Waals surface area contributed by atoms with Crippen molar-refractivity contribution in [1.82, 2.24) is 5.32 Å². The zero-order valence-corrected chi connectivity index (χ0v) is 13.6. The number of ether oxygens (including phenoxy) is 1. The highest BCUT2D eigenvalue weighted by molar-refractivity contribution is 5.45. The molecular formula is C18H25NO2. The Balaban J connectivity index is 2.46. The molecule has 1 atom stereocenters. The van der Waals surface area contributed by atoms with Gasteiger partial charge in [0.05, 0.1) is 19.4 Å². The molecule has 2 aromatic rings. The average Bonchev–Trinajstić information content (AvgIpc) is 2.88. The van der Waals surface area contributed by atoms with E-state index in [-0.39, 0.29) is 6.04 Å². The van der Waals surface area contributed by atoms with Crippen LogP contribution in [-0.4, -0.2) is 13.7 Å². The van der Waals surface area contributed by atoms with E-state index in [1.165, 1.54) is 16.7 Å². The second-order valence-electron chi connectivity index (χ2n) is 5.53. The van der Waals surface area contributed by atoms with Crippen molar-refractivity contribution < 1.29 is 9.15 Å². The van der Waals surface area contributed by atoms with Gasteiger partial charge in [-0.15, -0.1) is 0 Å². The zero-order chi connectivity index (χ0) is 15.4. The van der Waals surface area contributed by atoms with Crippen molar-refractivity contribution in [3.8, 4) is 5.75 Å². The Bertz CT molecular complexity index is 601. The number of furan rings is 1. The van der Waals surface area contributed by atoms with E-state index >= 15 is 0 Å². The van der Waals surface area contributed by atoms with Gasteiger partial charge < -0.3 is 14.5 Å². The van der Waals surface area contributed by atoms with Gasteiger partial charge in [0.15, 0.2) is 0 Å². The highest BCUT2D eigenvalue weighted by Gasteiger charge is 2.21. The molecule has 0 saturated heterocycles. The Morgan fingerprint density at radius 2 is 1.90 bits per heavy atom. The summed E-state index contributed by atoms with van der Waals surface area (Å²) >= 11 is 0. The molecule has 0 aliphatic carbocycles. The van der Waals surface area contributed by atoms with Crippen LogP contribution in [0.1, 0.15) is 47.4 Å². The van der Waals surface area contributed by atoms with Gasteiger partial charge in [-0.05, 0) is 68.1 Å². The number of hydrogen-bond donors (Lipinski definition) is 1. The summed E-state index contributed by atoms with van der Waals surface area (Å²) in [7, 11) is 1.71.